The van der Waals surface area contributed by atoms with E-state index in [-0.39, 0.29) is 0 Å². The third kappa shape index (κ3) is 3.03. The monoisotopic (exact) mass is 337 g/mol. The summed E-state index contributed by atoms with van der Waals surface area (Å²) in [5.41, 5.74) is 3.98. The second kappa shape index (κ2) is 6.89. The van der Waals surface area contributed by atoms with Crippen LogP contribution in [0, 0.1) is 0 Å². The smallest absolute Gasteiger partial charge is 0.142 e. The van der Waals surface area contributed by atoms with Crippen molar-refractivity contribution in [1.29, 1.82) is 0 Å². The van der Waals surface area contributed by atoms with Gasteiger partial charge in [-0.3, -0.25) is 0 Å². The molecule has 2 aromatic heterocycles. The van der Waals surface area contributed by atoms with Gasteiger partial charge in [-0.2, -0.15) is 0 Å². The predicted octanol–water partition coefficient (Wildman–Crippen LogP) is 5.66. The molecule has 124 valence electrons. The number of anilines is 2. The summed E-state index contributed by atoms with van der Waals surface area (Å²) in [5.74, 6) is 0.959. The topological polar surface area (TPSA) is 37.8 Å². The highest BCUT2D eigenvalue weighted by molar-refractivity contribution is 7.19. The summed E-state index contributed by atoms with van der Waals surface area (Å²) in [5, 5.41) is 4.76. The Morgan fingerprint density at radius 3 is 2.75 bits per heavy atom. The van der Waals surface area contributed by atoms with Gasteiger partial charge in [0.05, 0.1) is 5.39 Å². The number of thiophene rings is 1. The van der Waals surface area contributed by atoms with Crippen molar-refractivity contribution in [3.63, 3.8) is 0 Å². The van der Waals surface area contributed by atoms with E-state index in [1.165, 1.54) is 53.5 Å². The highest BCUT2D eigenvalue weighted by atomic mass is 32.1. The Kier molecular flexibility index (Phi) is 4.48. The number of fused-ring (bicyclic) bond motifs is 3. The highest BCUT2D eigenvalue weighted by Gasteiger charge is 2.19. The van der Waals surface area contributed by atoms with Gasteiger partial charge in [0, 0.05) is 10.6 Å². The van der Waals surface area contributed by atoms with Crippen LogP contribution in [0.4, 0.5) is 11.5 Å². The van der Waals surface area contributed by atoms with E-state index >= 15 is 0 Å². The fourth-order valence-corrected chi connectivity index (χ4v) is 4.69. The first kappa shape index (κ1) is 15.6. The van der Waals surface area contributed by atoms with Crippen LogP contribution in [0.5, 0.6) is 0 Å². The summed E-state index contributed by atoms with van der Waals surface area (Å²) >= 11 is 1.84. The molecule has 1 aromatic carbocycles. The van der Waals surface area contributed by atoms with Crippen LogP contribution in [0.2, 0.25) is 0 Å². The van der Waals surface area contributed by atoms with Crippen LogP contribution in [0.3, 0.4) is 0 Å². The van der Waals surface area contributed by atoms with Gasteiger partial charge in [0.1, 0.15) is 17.0 Å². The molecule has 2 heterocycles. The average molecular weight is 337 g/mol. The molecule has 0 bridgehead atoms. The third-order valence-electron chi connectivity index (χ3n) is 4.79. The number of unbranched alkanes of at least 4 members (excludes halogenated alkanes) is 1. The zero-order valence-corrected chi connectivity index (χ0v) is 15.0. The Morgan fingerprint density at radius 1 is 1.08 bits per heavy atom. The van der Waals surface area contributed by atoms with Gasteiger partial charge in [-0.1, -0.05) is 25.5 Å². The van der Waals surface area contributed by atoms with E-state index in [4.69, 9.17) is 0 Å². The number of aromatic nitrogens is 2. The summed E-state index contributed by atoms with van der Waals surface area (Å²) < 4.78 is 0. The summed E-state index contributed by atoms with van der Waals surface area (Å²) in [6.07, 6.45) is 10.3. The molecule has 3 aromatic rings. The number of nitrogens with one attached hydrogen (secondary N) is 1. The molecule has 0 saturated heterocycles. The van der Waals surface area contributed by atoms with Crippen LogP contribution < -0.4 is 5.32 Å². The summed E-state index contributed by atoms with van der Waals surface area (Å²) in [4.78, 5) is 11.7. The Hall–Kier alpha value is -1.94. The van der Waals surface area contributed by atoms with Crippen molar-refractivity contribution in [1.82, 2.24) is 9.97 Å². The standard InChI is InChI=1S/C20H23N3S/c1-2-3-6-14-9-11-15(12-10-14)23-19-18-16-7-4-5-8-17(16)24-20(18)22-13-21-19/h9-13H,2-8H2,1H3,(H,21,22,23). The summed E-state index contributed by atoms with van der Waals surface area (Å²) in [6.45, 7) is 2.23. The molecule has 0 spiro atoms. The minimum absolute atomic E-state index is 0.959. The third-order valence-corrected chi connectivity index (χ3v) is 5.99. The fourth-order valence-electron chi connectivity index (χ4n) is 3.46. The second-order valence-electron chi connectivity index (χ2n) is 6.54. The van der Waals surface area contributed by atoms with Gasteiger partial charge >= 0.3 is 0 Å². The van der Waals surface area contributed by atoms with Crippen LogP contribution in [0.15, 0.2) is 30.6 Å². The quantitative estimate of drug-likeness (QED) is 0.653. The lowest BCUT2D eigenvalue weighted by Crippen LogP contribution is -2.01. The SMILES string of the molecule is CCCCc1ccc(Nc2ncnc3sc4c(c23)CCCC4)cc1. The second-order valence-corrected chi connectivity index (χ2v) is 7.62. The highest BCUT2D eigenvalue weighted by Crippen LogP contribution is 2.38. The average Bonchev–Trinajstić information content (AvgIpc) is 3.01. The number of benzene rings is 1. The van der Waals surface area contributed by atoms with Crippen molar-refractivity contribution >= 4 is 33.1 Å². The number of hydrogen-bond donors (Lipinski definition) is 1. The van der Waals surface area contributed by atoms with E-state index in [9.17, 15) is 0 Å². The molecule has 0 aliphatic heterocycles. The first-order valence-corrected chi connectivity index (χ1v) is 9.78. The summed E-state index contributed by atoms with van der Waals surface area (Å²) in [6, 6.07) is 8.77. The molecule has 24 heavy (non-hydrogen) atoms. The van der Waals surface area contributed by atoms with Crippen molar-refractivity contribution in [3.8, 4) is 0 Å². The largest absolute Gasteiger partial charge is 0.340 e. The van der Waals surface area contributed by atoms with Crippen LogP contribution >= 0.6 is 11.3 Å². The van der Waals surface area contributed by atoms with Crippen LogP contribution in [-0.4, -0.2) is 9.97 Å². The fraction of sp³-hybridized carbons (Fsp3) is 0.400. The number of aryl methyl sites for hydroxylation is 3. The number of rotatable bonds is 5. The van der Waals surface area contributed by atoms with E-state index in [2.05, 4.69) is 46.5 Å². The van der Waals surface area contributed by atoms with Crippen molar-refractivity contribution in [2.24, 2.45) is 0 Å². The molecule has 3 nitrogen and oxygen atoms in total. The van der Waals surface area contributed by atoms with Crippen molar-refractivity contribution in [2.75, 3.05) is 5.32 Å². The summed E-state index contributed by atoms with van der Waals surface area (Å²) in [7, 11) is 0. The Bertz CT molecular complexity index is 836. The molecule has 1 aliphatic carbocycles. The van der Waals surface area contributed by atoms with Gasteiger partial charge in [0.15, 0.2) is 0 Å². The van der Waals surface area contributed by atoms with Crippen molar-refractivity contribution < 1.29 is 0 Å². The van der Waals surface area contributed by atoms with E-state index in [0.717, 1.165) is 29.2 Å². The molecule has 0 unspecified atom stereocenters. The zero-order valence-electron chi connectivity index (χ0n) is 14.1. The molecule has 1 N–H and O–H groups in total. The lowest BCUT2D eigenvalue weighted by Gasteiger charge is -2.12. The maximum atomic E-state index is 4.54. The Balaban J connectivity index is 1.63. The van der Waals surface area contributed by atoms with Gasteiger partial charge < -0.3 is 5.32 Å². The molecule has 4 heteroatoms. The number of nitrogens with zero attached hydrogens (tertiary/aromatic N) is 2. The predicted molar refractivity (Wildman–Crippen MR) is 102 cm³/mol. The van der Waals surface area contributed by atoms with E-state index in [1.54, 1.807) is 6.33 Å². The van der Waals surface area contributed by atoms with Gasteiger partial charge in [-0.15, -0.1) is 11.3 Å². The van der Waals surface area contributed by atoms with Gasteiger partial charge in [0.25, 0.3) is 0 Å². The molecular formula is C20H23N3S. The van der Waals surface area contributed by atoms with Gasteiger partial charge in [-0.25, -0.2) is 9.97 Å². The molecule has 0 radical (unpaired) electrons. The minimum Gasteiger partial charge on any atom is -0.340 e. The maximum Gasteiger partial charge on any atom is 0.142 e. The van der Waals surface area contributed by atoms with Crippen LogP contribution in [0.1, 0.15) is 48.6 Å². The number of hydrogen-bond acceptors (Lipinski definition) is 4. The Labute approximate surface area is 147 Å². The molecule has 0 atom stereocenters. The van der Waals surface area contributed by atoms with Crippen LogP contribution in [0.25, 0.3) is 10.2 Å². The lowest BCUT2D eigenvalue weighted by atomic mass is 9.97. The zero-order chi connectivity index (χ0) is 16.4. The molecule has 0 amide bonds. The van der Waals surface area contributed by atoms with Gasteiger partial charge in [-0.05, 0) is 61.8 Å². The molecule has 0 fully saturated rings. The molecular weight excluding hydrogens is 314 g/mol. The Morgan fingerprint density at radius 2 is 1.92 bits per heavy atom. The first-order chi connectivity index (χ1) is 11.8. The molecule has 4 rings (SSSR count). The minimum atomic E-state index is 0.959. The van der Waals surface area contributed by atoms with Crippen molar-refractivity contribution in [3.05, 3.63) is 46.6 Å². The van der Waals surface area contributed by atoms with E-state index < -0.39 is 0 Å². The lowest BCUT2D eigenvalue weighted by molar-refractivity contribution is 0.700. The first-order valence-electron chi connectivity index (χ1n) is 8.96. The molecule has 0 saturated carbocycles. The molecule has 1 aliphatic rings. The van der Waals surface area contributed by atoms with E-state index in [0.29, 0.717) is 0 Å². The van der Waals surface area contributed by atoms with Crippen molar-refractivity contribution in [2.45, 2.75) is 51.9 Å². The van der Waals surface area contributed by atoms with Crippen LogP contribution in [-0.2, 0) is 19.3 Å². The van der Waals surface area contributed by atoms with E-state index in [1.807, 2.05) is 11.3 Å². The normalized spacial score (nSPS) is 13.9. The van der Waals surface area contributed by atoms with Gasteiger partial charge in [0.2, 0.25) is 0 Å². The maximum absolute atomic E-state index is 4.54.